The molecule has 0 spiro atoms. The highest BCUT2D eigenvalue weighted by atomic mass is 35.5. The van der Waals surface area contributed by atoms with E-state index < -0.39 is 11.9 Å². The minimum atomic E-state index is -0.806. The standard InChI is InChI=1S/C19H23Cl3O5/c1-3-4-5-13(8-9-25-2)12-26-17(23)6-7-18(24)27-19-15(21)10-14(20)11-16(19)22/h6-7,10-11,13H,3-5,8-9,12H2,1-2H3/b7-6+. The summed E-state index contributed by atoms with van der Waals surface area (Å²) in [6.07, 6.45) is 5.85. The Morgan fingerprint density at radius 1 is 1.07 bits per heavy atom. The Kier molecular flexibility index (Phi) is 11.4. The molecule has 0 amide bonds. The van der Waals surface area contributed by atoms with Gasteiger partial charge in [-0.2, -0.15) is 0 Å². The van der Waals surface area contributed by atoms with Gasteiger partial charge in [-0.3, -0.25) is 0 Å². The second-order valence-corrected chi connectivity index (χ2v) is 7.12. The second kappa shape index (κ2) is 13.0. The molecular formula is C19H23Cl3O5. The van der Waals surface area contributed by atoms with Crippen molar-refractivity contribution < 1.29 is 23.8 Å². The minimum Gasteiger partial charge on any atom is -0.462 e. The molecule has 0 heterocycles. The summed E-state index contributed by atoms with van der Waals surface area (Å²) in [4.78, 5) is 23.7. The molecule has 0 bridgehead atoms. The molecule has 150 valence electrons. The van der Waals surface area contributed by atoms with Crippen LogP contribution in [0.4, 0.5) is 0 Å². The van der Waals surface area contributed by atoms with E-state index in [0.29, 0.717) is 11.6 Å². The van der Waals surface area contributed by atoms with Crippen molar-refractivity contribution in [1.29, 1.82) is 0 Å². The molecule has 0 saturated heterocycles. The number of carbonyl (C=O) groups is 2. The molecule has 1 atom stereocenters. The summed E-state index contributed by atoms with van der Waals surface area (Å²) in [5.41, 5.74) is 0. The molecule has 0 aliphatic carbocycles. The Bertz CT molecular complexity index is 630. The van der Waals surface area contributed by atoms with Gasteiger partial charge in [0.1, 0.15) is 0 Å². The van der Waals surface area contributed by atoms with E-state index in [1.807, 2.05) is 0 Å². The molecule has 1 aromatic rings. The Morgan fingerprint density at radius 2 is 1.70 bits per heavy atom. The van der Waals surface area contributed by atoms with Crippen LogP contribution in [0.5, 0.6) is 5.75 Å². The number of carbonyl (C=O) groups excluding carboxylic acids is 2. The van der Waals surface area contributed by atoms with Crippen molar-refractivity contribution in [3.63, 3.8) is 0 Å². The normalized spacial score (nSPS) is 12.2. The first-order chi connectivity index (χ1) is 12.9. The van der Waals surface area contributed by atoms with Crippen molar-refractivity contribution in [2.45, 2.75) is 32.6 Å². The maximum Gasteiger partial charge on any atom is 0.336 e. The summed E-state index contributed by atoms with van der Waals surface area (Å²) < 4.78 is 15.3. The second-order valence-electron chi connectivity index (χ2n) is 5.87. The summed E-state index contributed by atoms with van der Waals surface area (Å²) in [6, 6.07) is 2.79. The van der Waals surface area contributed by atoms with Crippen LogP contribution in [-0.2, 0) is 19.1 Å². The van der Waals surface area contributed by atoms with Crippen molar-refractivity contribution in [3.8, 4) is 5.75 Å². The number of esters is 2. The van der Waals surface area contributed by atoms with Crippen LogP contribution in [0, 0.1) is 5.92 Å². The van der Waals surface area contributed by atoms with Gasteiger partial charge in [0.05, 0.1) is 16.7 Å². The average molecular weight is 438 g/mol. The molecule has 8 heteroatoms. The maximum atomic E-state index is 11.8. The third-order valence-corrected chi connectivity index (χ3v) is 4.46. The van der Waals surface area contributed by atoms with Crippen molar-refractivity contribution in [1.82, 2.24) is 0 Å². The van der Waals surface area contributed by atoms with Gasteiger partial charge in [0, 0.05) is 30.9 Å². The monoisotopic (exact) mass is 436 g/mol. The third-order valence-electron chi connectivity index (χ3n) is 3.68. The topological polar surface area (TPSA) is 61.8 Å². The fraction of sp³-hybridized carbons (Fsp3) is 0.474. The Labute approximate surface area is 174 Å². The van der Waals surface area contributed by atoms with E-state index in [-0.39, 0.29) is 28.3 Å². The van der Waals surface area contributed by atoms with Crippen LogP contribution in [-0.4, -0.2) is 32.3 Å². The van der Waals surface area contributed by atoms with Crippen LogP contribution >= 0.6 is 34.8 Å². The molecule has 5 nitrogen and oxygen atoms in total. The van der Waals surface area contributed by atoms with E-state index in [1.165, 1.54) is 12.1 Å². The van der Waals surface area contributed by atoms with Crippen molar-refractivity contribution in [2.24, 2.45) is 5.92 Å². The third kappa shape index (κ3) is 9.47. The summed E-state index contributed by atoms with van der Waals surface area (Å²) in [7, 11) is 1.64. The molecule has 0 aliphatic heterocycles. The fourth-order valence-corrected chi connectivity index (χ4v) is 3.13. The predicted octanol–water partition coefficient (Wildman–Crippen LogP) is 5.49. The molecule has 0 fully saturated rings. The average Bonchev–Trinajstić information content (AvgIpc) is 2.62. The molecule has 0 aromatic heterocycles. The molecule has 1 unspecified atom stereocenters. The van der Waals surface area contributed by atoms with E-state index in [0.717, 1.165) is 37.8 Å². The zero-order valence-corrected chi connectivity index (χ0v) is 17.6. The van der Waals surface area contributed by atoms with Gasteiger partial charge in [-0.25, -0.2) is 9.59 Å². The summed E-state index contributed by atoms with van der Waals surface area (Å²) in [6.45, 7) is 2.99. The number of halogens is 3. The Balaban J connectivity index is 2.53. The molecular weight excluding hydrogens is 415 g/mol. The summed E-state index contributed by atoms with van der Waals surface area (Å²) in [5.74, 6) is -1.23. The zero-order chi connectivity index (χ0) is 20.2. The molecule has 1 rings (SSSR count). The Morgan fingerprint density at radius 3 is 2.30 bits per heavy atom. The van der Waals surface area contributed by atoms with Gasteiger partial charge in [0.15, 0.2) is 5.75 Å². The first-order valence-electron chi connectivity index (χ1n) is 8.57. The highest BCUT2D eigenvalue weighted by molar-refractivity contribution is 6.40. The van der Waals surface area contributed by atoms with Crippen LogP contribution in [0.25, 0.3) is 0 Å². The smallest absolute Gasteiger partial charge is 0.336 e. The van der Waals surface area contributed by atoms with E-state index in [1.54, 1.807) is 7.11 Å². The molecule has 1 aromatic carbocycles. The fourth-order valence-electron chi connectivity index (χ4n) is 2.23. The van der Waals surface area contributed by atoms with Gasteiger partial charge in [0.25, 0.3) is 0 Å². The summed E-state index contributed by atoms with van der Waals surface area (Å²) >= 11 is 17.7. The van der Waals surface area contributed by atoms with Crippen LogP contribution in [0.3, 0.4) is 0 Å². The van der Waals surface area contributed by atoms with Gasteiger partial charge >= 0.3 is 11.9 Å². The maximum absolute atomic E-state index is 11.8. The Hall–Kier alpha value is -1.27. The highest BCUT2D eigenvalue weighted by Crippen LogP contribution is 2.35. The lowest BCUT2D eigenvalue weighted by atomic mass is 10.00. The number of ether oxygens (including phenoxy) is 3. The summed E-state index contributed by atoms with van der Waals surface area (Å²) in [5, 5.41) is 0.498. The van der Waals surface area contributed by atoms with Crippen LogP contribution in [0.15, 0.2) is 24.3 Å². The van der Waals surface area contributed by atoms with Gasteiger partial charge in [-0.05, 0) is 30.9 Å². The number of benzene rings is 1. The number of rotatable bonds is 11. The van der Waals surface area contributed by atoms with Crippen LogP contribution in [0.1, 0.15) is 32.6 Å². The molecule has 0 aliphatic rings. The van der Waals surface area contributed by atoms with Crippen molar-refractivity contribution in [2.75, 3.05) is 20.3 Å². The first-order valence-corrected chi connectivity index (χ1v) is 9.70. The SMILES string of the molecule is CCCCC(CCOC)COC(=O)/C=C/C(=O)Oc1c(Cl)cc(Cl)cc1Cl. The molecule has 0 N–H and O–H groups in total. The zero-order valence-electron chi connectivity index (χ0n) is 15.3. The predicted molar refractivity (Wildman–Crippen MR) is 107 cm³/mol. The van der Waals surface area contributed by atoms with Crippen molar-refractivity contribution in [3.05, 3.63) is 39.4 Å². The van der Waals surface area contributed by atoms with Gasteiger partial charge in [0.2, 0.25) is 0 Å². The lowest BCUT2D eigenvalue weighted by Gasteiger charge is -2.15. The lowest BCUT2D eigenvalue weighted by molar-refractivity contribution is -0.140. The van der Waals surface area contributed by atoms with Crippen LogP contribution < -0.4 is 4.74 Å². The molecule has 27 heavy (non-hydrogen) atoms. The van der Waals surface area contributed by atoms with E-state index >= 15 is 0 Å². The van der Waals surface area contributed by atoms with Gasteiger partial charge in [-0.15, -0.1) is 0 Å². The molecule has 0 saturated carbocycles. The number of methoxy groups -OCH3 is 1. The van der Waals surface area contributed by atoms with Gasteiger partial charge < -0.3 is 14.2 Å². The van der Waals surface area contributed by atoms with E-state index in [2.05, 4.69) is 6.92 Å². The highest BCUT2D eigenvalue weighted by Gasteiger charge is 2.14. The largest absolute Gasteiger partial charge is 0.462 e. The lowest BCUT2D eigenvalue weighted by Crippen LogP contribution is -2.15. The number of unbranched alkanes of at least 4 members (excludes halogenated alkanes) is 1. The number of hydrogen-bond acceptors (Lipinski definition) is 5. The molecule has 0 radical (unpaired) electrons. The van der Waals surface area contributed by atoms with Crippen molar-refractivity contribution >= 4 is 46.7 Å². The quantitative estimate of drug-likeness (QED) is 0.260. The van der Waals surface area contributed by atoms with Gasteiger partial charge in [-0.1, -0.05) is 54.6 Å². The number of hydrogen-bond donors (Lipinski definition) is 0. The van der Waals surface area contributed by atoms with E-state index in [4.69, 9.17) is 49.0 Å². The van der Waals surface area contributed by atoms with Crippen LogP contribution in [0.2, 0.25) is 15.1 Å². The van der Waals surface area contributed by atoms with E-state index in [9.17, 15) is 9.59 Å². The minimum absolute atomic E-state index is 0.0232. The first kappa shape index (κ1) is 23.8.